The van der Waals surface area contributed by atoms with Gasteiger partial charge in [0.15, 0.2) is 0 Å². The Kier molecular flexibility index (Phi) is 4.96. The molecular weight excluding hydrogens is 364 g/mol. The predicted molar refractivity (Wildman–Crippen MR) is 97.3 cm³/mol. The Morgan fingerprint density at radius 1 is 1.11 bits per heavy atom. The second-order valence-corrected chi connectivity index (χ2v) is 7.34. The highest BCUT2D eigenvalue weighted by molar-refractivity contribution is 6.23. The lowest BCUT2D eigenvalue weighted by Gasteiger charge is -2.35. The van der Waals surface area contributed by atoms with Crippen molar-refractivity contribution in [2.24, 2.45) is 0 Å². The van der Waals surface area contributed by atoms with Crippen molar-refractivity contribution in [3.05, 3.63) is 34.9 Å². The van der Waals surface area contributed by atoms with Gasteiger partial charge in [0.05, 0.1) is 17.7 Å². The Labute approximate surface area is 161 Å². The number of hydrogen-bond acceptors (Lipinski definition) is 7. The summed E-state index contributed by atoms with van der Waals surface area (Å²) < 4.78 is 0. The van der Waals surface area contributed by atoms with Crippen LogP contribution in [0.15, 0.2) is 18.2 Å². The van der Waals surface area contributed by atoms with E-state index in [4.69, 9.17) is 0 Å². The van der Waals surface area contributed by atoms with Crippen molar-refractivity contribution in [1.29, 1.82) is 0 Å². The summed E-state index contributed by atoms with van der Waals surface area (Å²) in [6, 6.07) is 4.15. The summed E-state index contributed by atoms with van der Waals surface area (Å²) >= 11 is 0. The largest absolute Gasteiger partial charge is 0.395 e. The van der Waals surface area contributed by atoms with Crippen LogP contribution in [0.4, 0.5) is 0 Å². The van der Waals surface area contributed by atoms with Crippen LogP contribution in [0.3, 0.4) is 0 Å². The number of nitrogens with one attached hydrogen (secondary N) is 2. The van der Waals surface area contributed by atoms with Crippen molar-refractivity contribution in [1.82, 2.24) is 20.4 Å². The third-order valence-corrected chi connectivity index (χ3v) is 5.57. The molecule has 3 heterocycles. The summed E-state index contributed by atoms with van der Waals surface area (Å²) in [6.45, 7) is 2.89. The number of rotatable bonds is 4. The Morgan fingerprint density at radius 3 is 2.64 bits per heavy atom. The first kappa shape index (κ1) is 18.7. The van der Waals surface area contributed by atoms with Crippen molar-refractivity contribution in [2.45, 2.75) is 31.5 Å². The second-order valence-electron chi connectivity index (χ2n) is 7.34. The molecule has 2 atom stereocenters. The zero-order valence-corrected chi connectivity index (χ0v) is 15.3. The highest BCUT2D eigenvalue weighted by Gasteiger charge is 2.44. The van der Waals surface area contributed by atoms with E-state index in [1.807, 2.05) is 0 Å². The van der Waals surface area contributed by atoms with Crippen molar-refractivity contribution in [2.75, 3.05) is 26.2 Å². The van der Waals surface area contributed by atoms with Crippen LogP contribution in [0.1, 0.15) is 39.1 Å². The smallest absolute Gasteiger partial charge is 0.262 e. The molecule has 2 saturated heterocycles. The summed E-state index contributed by atoms with van der Waals surface area (Å²) in [5, 5.41) is 15.0. The number of aliphatic hydroxyl groups excluding tert-OH is 1. The van der Waals surface area contributed by atoms with Crippen LogP contribution in [0, 0.1) is 0 Å². The van der Waals surface area contributed by atoms with Gasteiger partial charge in [0.1, 0.15) is 6.04 Å². The minimum absolute atomic E-state index is 0.000641. The topological polar surface area (TPSA) is 119 Å². The summed E-state index contributed by atoms with van der Waals surface area (Å²) in [4.78, 5) is 52.2. The molecule has 2 fully saturated rings. The molecule has 148 valence electrons. The van der Waals surface area contributed by atoms with Crippen LogP contribution in [0.5, 0.6) is 0 Å². The van der Waals surface area contributed by atoms with Gasteiger partial charge in [0, 0.05) is 38.6 Å². The molecule has 1 aromatic rings. The molecule has 0 radical (unpaired) electrons. The van der Waals surface area contributed by atoms with Crippen molar-refractivity contribution >= 4 is 23.6 Å². The maximum atomic E-state index is 12.9. The Morgan fingerprint density at radius 2 is 1.89 bits per heavy atom. The summed E-state index contributed by atoms with van der Waals surface area (Å²) in [7, 11) is 0. The Bertz CT molecular complexity index is 855. The minimum Gasteiger partial charge on any atom is -0.395 e. The SMILES string of the molecule is O=C1CCC(N2C(=O)c3ccc(CN4CCNCC4CO)cc3C2=O)C(=O)N1. The molecule has 3 aliphatic rings. The van der Waals surface area contributed by atoms with E-state index in [0.29, 0.717) is 13.1 Å². The minimum atomic E-state index is -0.958. The Hall–Kier alpha value is -2.62. The highest BCUT2D eigenvalue weighted by Crippen LogP contribution is 2.28. The van der Waals surface area contributed by atoms with E-state index in [9.17, 15) is 24.3 Å². The summed E-state index contributed by atoms with van der Waals surface area (Å²) in [5.74, 6) is -2.01. The molecule has 0 bridgehead atoms. The molecule has 0 aromatic heterocycles. The van der Waals surface area contributed by atoms with E-state index < -0.39 is 29.7 Å². The van der Waals surface area contributed by atoms with Crippen LogP contribution < -0.4 is 10.6 Å². The van der Waals surface area contributed by atoms with E-state index in [-0.39, 0.29) is 36.6 Å². The number of carbonyl (C=O) groups excluding carboxylic acids is 4. The molecular formula is C19H22N4O5. The Balaban J connectivity index is 1.55. The number of nitrogens with zero attached hydrogens (tertiary/aromatic N) is 2. The summed E-state index contributed by atoms with van der Waals surface area (Å²) in [5.41, 5.74) is 1.42. The van der Waals surface area contributed by atoms with Gasteiger partial charge in [-0.1, -0.05) is 6.07 Å². The van der Waals surface area contributed by atoms with E-state index in [2.05, 4.69) is 15.5 Å². The first-order valence-electron chi connectivity index (χ1n) is 9.39. The number of benzene rings is 1. The lowest BCUT2D eigenvalue weighted by molar-refractivity contribution is -0.136. The van der Waals surface area contributed by atoms with Crippen LogP contribution >= 0.6 is 0 Å². The third-order valence-electron chi connectivity index (χ3n) is 5.57. The van der Waals surface area contributed by atoms with E-state index in [1.54, 1.807) is 18.2 Å². The summed E-state index contributed by atoms with van der Waals surface area (Å²) in [6.07, 6.45) is 0.239. The maximum Gasteiger partial charge on any atom is 0.262 e. The van der Waals surface area contributed by atoms with Gasteiger partial charge in [-0.05, 0) is 24.1 Å². The number of aliphatic hydroxyl groups is 1. The van der Waals surface area contributed by atoms with Gasteiger partial charge < -0.3 is 10.4 Å². The third kappa shape index (κ3) is 3.21. The van der Waals surface area contributed by atoms with Gasteiger partial charge in [-0.2, -0.15) is 0 Å². The van der Waals surface area contributed by atoms with E-state index in [1.165, 1.54) is 0 Å². The average Bonchev–Trinajstić information content (AvgIpc) is 2.93. The number of piperazine rings is 1. The zero-order chi connectivity index (χ0) is 19.8. The monoisotopic (exact) mass is 386 g/mol. The normalized spacial score (nSPS) is 25.8. The number of fused-ring (bicyclic) bond motifs is 1. The number of amides is 4. The van der Waals surface area contributed by atoms with Crippen molar-refractivity contribution in [3.63, 3.8) is 0 Å². The quantitative estimate of drug-likeness (QED) is 0.559. The van der Waals surface area contributed by atoms with Gasteiger partial charge in [0.25, 0.3) is 11.8 Å². The molecule has 0 saturated carbocycles. The lowest BCUT2D eigenvalue weighted by Crippen LogP contribution is -2.54. The van der Waals surface area contributed by atoms with Crippen LogP contribution in [0.25, 0.3) is 0 Å². The fraction of sp³-hybridized carbons (Fsp3) is 0.474. The molecule has 2 unspecified atom stereocenters. The first-order valence-corrected chi connectivity index (χ1v) is 9.39. The second kappa shape index (κ2) is 7.42. The van der Waals surface area contributed by atoms with E-state index >= 15 is 0 Å². The van der Waals surface area contributed by atoms with Gasteiger partial charge in [0.2, 0.25) is 11.8 Å². The number of carbonyl (C=O) groups is 4. The number of imide groups is 2. The van der Waals surface area contributed by atoms with Crippen LogP contribution in [-0.2, 0) is 16.1 Å². The van der Waals surface area contributed by atoms with Gasteiger partial charge in [-0.3, -0.25) is 34.3 Å². The molecule has 28 heavy (non-hydrogen) atoms. The molecule has 9 nitrogen and oxygen atoms in total. The lowest BCUT2D eigenvalue weighted by atomic mass is 10.0. The molecule has 3 aliphatic heterocycles. The molecule has 1 aromatic carbocycles. The predicted octanol–water partition coefficient (Wildman–Crippen LogP) is -1.15. The van der Waals surface area contributed by atoms with E-state index in [0.717, 1.165) is 23.6 Å². The van der Waals surface area contributed by atoms with Crippen LogP contribution in [0.2, 0.25) is 0 Å². The molecule has 4 amide bonds. The van der Waals surface area contributed by atoms with Crippen molar-refractivity contribution < 1.29 is 24.3 Å². The molecule has 3 N–H and O–H groups in total. The highest BCUT2D eigenvalue weighted by atomic mass is 16.3. The van der Waals surface area contributed by atoms with Gasteiger partial charge in [-0.25, -0.2) is 0 Å². The molecule has 0 aliphatic carbocycles. The number of piperidine rings is 1. The molecule has 0 spiro atoms. The van der Waals surface area contributed by atoms with Crippen LogP contribution in [-0.4, -0.2) is 76.9 Å². The fourth-order valence-corrected chi connectivity index (χ4v) is 4.04. The number of hydrogen-bond donors (Lipinski definition) is 3. The van der Waals surface area contributed by atoms with Gasteiger partial charge >= 0.3 is 0 Å². The average molecular weight is 386 g/mol. The molecule has 4 rings (SSSR count). The molecule has 9 heteroatoms. The standard InChI is InChI=1S/C19H22N4O5/c24-10-12-8-20-5-6-22(12)9-11-1-2-13-14(7-11)19(28)23(18(13)27)15-3-4-16(25)21-17(15)26/h1-2,7,12,15,20,24H,3-6,8-10H2,(H,21,25,26). The van der Waals surface area contributed by atoms with Crippen molar-refractivity contribution in [3.8, 4) is 0 Å². The maximum absolute atomic E-state index is 12.9. The fourth-order valence-electron chi connectivity index (χ4n) is 4.04. The zero-order valence-electron chi connectivity index (χ0n) is 15.3. The van der Waals surface area contributed by atoms with Gasteiger partial charge in [-0.15, -0.1) is 0 Å². The first-order chi connectivity index (χ1) is 13.5.